The monoisotopic (exact) mass is 383 g/mol. The van der Waals surface area contributed by atoms with Crippen LogP contribution >= 0.6 is 0 Å². The van der Waals surface area contributed by atoms with Crippen LogP contribution in [-0.2, 0) is 10.0 Å². The lowest BCUT2D eigenvalue weighted by molar-refractivity contribution is 0.361. The summed E-state index contributed by atoms with van der Waals surface area (Å²) in [5, 5.41) is 3.23. The molecule has 2 aromatic rings. The fraction of sp³-hybridized carbons (Fsp3) is 0.294. The standard InChI is InChI=1S/C17H19F2N3O3S/c1-25-17-14(18)5-6-15(16(17)19)21-26(23,24)13-4-2-3-12(11-13)22-9-7-20-8-10-22/h2-6,11,20-21H,7-10H2,1H3. The lowest BCUT2D eigenvalue weighted by Gasteiger charge is -2.29. The number of hydrogen-bond acceptors (Lipinski definition) is 5. The third kappa shape index (κ3) is 3.73. The second-order valence-electron chi connectivity index (χ2n) is 5.78. The number of rotatable bonds is 5. The molecule has 0 atom stereocenters. The molecule has 140 valence electrons. The van der Waals surface area contributed by atoms with Gasteiger partial charge >= 0.3 is 0 Å². The van der Waals surface area contributed by atoms with E-state index in [1.54, 1.807) is 6.07 Å². The molecule has 1 fully saturated rings. The van der Waals surface area contributed by atoms with Crippen LogP contribution in [0, 0.1) is 11.6 Å². The number of sulfonamides is 1. The van der Waals surface area contributed by atoms with Crippen molar-refractivity contribution in [3.63, 3.8) is 0 Å². The van der Waals surface area contributed by atoms with E-state index in [9.17, 15) is 17.2 Å². The summed E-state index contributed by atoms with van der Waals surface area (Å²) < 4.78 is 59.8. The zero-order chi connectivity index (χ0) is 18.7. The summed E-state index contributed by atoms with van der Waals surface area (Å²) in [7, 11) is -2.94. The van der Waals surface area contributed by atoms with E-state index < -0.39 is 27.4 Å². The average Bonchev–Trinajstić information content (AvgIpc) is 2.65. The first-order chi connectivity index (χ1) is 12.4. The van der Waals surface area contributed by atoms with Crippen molar-refractivity contribution in [3.05, 3.63) is 48.0 Å². The Bertz CT molecular complexity index is 900. The summed E-state index contributed by atoms with van der Waals surface area (Å²) in [5.74, 6) is -2.65. The number of halogens is 2. The van der Waals surface area contributed by atoms with Crippen molar-refractivity contribution in [2.45, 2.75) is 4.90 Å². The fourth-order valence-corrected chi connectivity index (χ4v) is 3.87. The Labute approximate surface area is 150 Å². The van der Waals surface area contributed by atoms with Crippen LogP contribution in [0.2, 0.25) is 0 Å². The van der Waals surface area contributed by atoms with Crippen LogP contribution in [0.1, 0.15) is 0 Å². The normalized spacial score (nSPS) is 15.0. The predicted octanol–water partition coefficient (Wildman–Crippen LogP) is 2.18. The van der Waals surface area contributed by atoms with E-state index in [0.29, 0.717) is 0 Å². The van der Waals surface area contributed by atoms with Crippen molar-refractivity contribution in [1.29, 1.82) is 0 Å². The number of hydrogen-bond donors (Lipinski definition) is 2. The highest BCUT2D eigenvalue weighted by Gasteiger charge is 2.21. The minimum absolute atomic E-state index is 0.00350. The molecule has 0 saturated carbocycles. The summed E-state index contributed by atoms with van der Waals surface area (Å²) >= 11 is 0. The van der Waals surface area contributed by atoms with Crippen molar-refractivity contribution < 1.29 is 21.9 Å². The number of nitrogens with zero attached hydrogens (tertiary/aromatic N) is 1. The van der Waals surface area contributed by atoms with Gasteiger partial charge in [0.15, 0.2) is 17.4 Å². The van der Waals surface area contributed by atoms with Gasteiger partial charge in [-0.15, -0.1) is 0 Å². The summed E-state index contributed by atoms with van der Waals surface area (Å²) in [4.78, 5) is 2.06. The predicted molar refractivity (Wildman–Crippen MR) is 95.2 cm³/mol. The van der Waals surface area contributed by atoms with Crippen LogP contribution in [0.3, 0.4) is 0 Å². The molecule has 0 spiro atoms. The van der Waals surface area contributed by atoms with E-state index in [4.69, 9.17) is 0 Å². The summed E-state index contributed by atoms with van der Waals surface area (Å²) in [6.07, 6.45) is 0. The number of methoxy groups -OCH3 is 1. The van der Waals surface area contributed by atoms with Crippen molar-refractivity contribution >= 4 is 21.4 Å². The molecule has 6 nitrogen and oxygen atoms in total. The molecule has 0 bridgehead atoms. The number of piperazine rings is 1. The summed E-state index contributed by atoms with van der Waals surface area (Å²) in [5.41, 5.74) is 0.391. The smallest absolute Gasteiger partial charge is 0.262 e. The first-order valence-electron chi connectivity index (χ1n) is 8.03. The molecule has 1 aliphatic heterocycles. The highest BCUT2D eigenvalue weighted by molar-refractivity contribution is 7.92. The maximum atomic E-state index is 14.2. The van der Waals surface area contributed by atoms with Crippen LogP contribution in [0.15, 0.2) is 41.3 Å². The minimum atomic E-state index is -4.05. The van der Waals surface area contributed by atoms with Crippen molar-refractivity contribution in [2.75, 3.05) is 42.9 Å². The molecule has 3 rings (SSSR count). The SMILES string of the molecule is COc1c(F)ccc(NS(=O)(=O)c2cccc(N3CCNCC3)c2)c1F. The largest absolute Gasteiger partial charge is 0.491 e. The van der Waals surface area contributed by atoms with E-state index >= 15 is 0 Å². The minimum Gasteiger partial charge on any atom is -0.491 e. The maximum absolute atomic E-state index is 14.2. The van der Waals surface area contributed by atoms with Gasteiger partial charge in [-0.3, -0.25) is 4.72 Å². The van der Waals surface area contributed by atoms with Gasteiger partial charge in [0.1, 0.15) is 0 Å². The van der Waals surface area contributed by atoms with Gasteiger partial charge in [-0.1, -0.05) is 6.07 Å². The zero-order valence-electron chi connectivity index (χ0n) is 14.1. The van der Waals surface area contributed by atoms with Gasteiger partial charge in [-0.25, -0.2) is 17.2 Å². The Hall–Kier alpha value is -2.39. The van der Waals surface area contributed by atoms with Gasteiger partial charge in [0.05, 0.1) is 17.7 Å². The van der Waals surface area contributed by atoms with Crippen molar-refractivity contribution in [3.8, 4) is 5.75 Å². The Kier molecular flexibility index (Phi) is 5.28. The van der Waals surface area contributed by atoms with Gasteiger partial charge < -0.3 is 15.0 Å². The van der Waals surface area contributed by atoms with E-state index in [2.05, 4.69) is 19.7 Å². The molecule has 2 aromatic carbocycles. The van der Waals surface area contributed by atoms with E-state index in [1.807, 2.05) is 6.07 Å². The van der Waals surface area contributed by atoms with Crippen LogP contribution in [0.25, 0.3) is 0 Å². The van der Waals surface area contributed by atoms with Crippen LogP contribution in [0.4, 0.5) is 20.2 Å². The van der Waals surface area contributed by atoms with E-state index in [-0.39, 0.29) is 10.6 Å². The summed E-state index contributed by atoms with van der Waals surface area (Å²) in [6.45, 7) is 3.16. The molecule has 1 heterocycles. The van der Waals surface area contributed by atoms with Crippen molar-refractivity contribution in [2.24, 2.45) is 0 Å². The Morgan fingerprint density at radius 3 is 2.58 bits per heavy atom. The molecule has 2 N–H and O–H groups in total. The lowest BCUT2D eigenvalue weighted by atomic mass is 10.2. The number of anilines is 2. The zero-order valence-corrected chi connectivity index (χ0v) is 14.9. The first kappa shape index (κ1) is 18.4. The number of nitrogens with one attached hydrogen (secondary N) is 2. The molecule has 0 amide bonds. The Morgan fingerprint density at radius 1 is 1.15 bits per heavy atom. The molecule has 1 saturated heterocycles. The van der Waals surface area contributed by atoms with Crippen LogP contribution < -0.4 is 19.7 Å². The van der Waals surface area contributed by atoms with Crippen LogP contribution in [0.5, 0.6) is 5.75 Å². The van der Waals surface area contributed by atoms with Gasteiger partial charge in [0.2, 0.25) is 0 Å². The lowest BCUT2D eigenvalue weighted by Crippen LogP contribution is -2.43. The highest BCUT2D eigenvalue weighted by Crippen LogP contribution is 2.29. The molecular formula is C17H19F2N3O3S. The molecule has 26 heavy (non-hydrogen) atoms. The first-order valence-corrected chi connectivity index (χ1v) is 9.51. The van der Waals surface area contributed by atoms with Gasteiger partial charge in [-0.05, 0) is 30.3 Å². The quantitative estimate of drug-likeness (QED) is 0.828. The van der Waals surface area contributed by atoms with E-state index in [1.165, 1.54) is 12.1 Å². The molecule has 0 unspecified atom stereocenters. The summed E-state index contributed by atoms with van der Waals surface area (Å²) in [6, 6.07) is 8.38. The molecule has 0 aromatic heterocycles. The van der Waals surface area contributed by atoms with Crippen molar-refractivity contribution in [1.82, 2.24) is 5.32 Å². The molecule has 1 aliphatic rings. The topological polar surface area (TPSA) is 70.7 Å². The van der Waals surface area contributed by atoms with Gasteiger partial charge in [0.25, 0.3) is 10.0 Å². The Morgan fingerprint density at radius 2 is 1.88 bits per heavy atom. The number of ether oxygens (including phenoxy) is 1. The maximum Gasteiger partial charge on any atom is 0.262 e. The van der Waals surface area contributed by atoms with Crippen LogP contribution in [-0.4, -0.2) is 41.7 Å². The second kappa shape index (κ2) is 7.46. The molecule has 0 aliphatic carbocycles. The number of benzene rings is 2. The third-order valence-electron chi connectivity index (χ3n) is 4.11. The molecule has 9 heteroatoms. The van der Waals surface area contributed by atoms with E-state index in [0.717, 1.165) is 51.1 Å². The second-order valence-corrected chi connectivity index (χ2v) is 7.46. The fourth-order valence-electron chi connectivity index (χ4n) is 2.77. The Balaban J connectivity index is 1.89. The average molecular weight is 383 g/mol. The van der Waals surface area contributed by atoms with Gasteiger partial charge in [0, 0.05) is 31.9 Å². The highest BCUT2D eigenvalue weighted by atomic mass is 32.2. The molecule has 0 radical (unpaired) electrons. The molecular weight excluding hydrogens is 364 g/mol. The van der Waals surface area contributed by atoms with Gasteiger partial charge in [-0.2, -0.15) is 0 Å². The third-order valence-corrected chi connectivity index (χ3v) is 5.47.